The third-order valence-electron chi connectivity index (χ3n) is 5.81. The van der Waals surface area contributed by atoms with Crippen molar-refractivity contribution in [2.75, 3.05) is 19.5 Å². The van der Waals surface area contributed by atoms with Crippen molar-refractivity contribution >= 4 is 11.5 Å². The molecule has 3 unspecified atom stereocenters. The molecule has 0 spiro atoms. The highest BCUT2D eigenvalue weighted by Crippen LogP contribution is 2.38. The SMILES string of the molecule is COc1cccc(C2CCC(C(O)c3cccc(OC)c3)C(Nc3ccc(F)cc3)=N2)c1. The second kappa shape index (κ2) is 9.83. The lowest BCUT2D eigenvalue weighted by Gasteiger charge is -2.32. The van der Waals surface area contributed by atoms with Crippen LogP contribution in [-0.2, 0) is 0 Å². The molecule has 0 saturated carbocycles. The Morgan fingerprint density at radius 2 is 1.62 bits per heavy atom. The lowest BCUT2D eigenvalue weighted by Crippen LogP contribution is -2.32. The number of aliphatic imine (C=N–C) groups is 1. The summed E-state index contributed by atoms with van der Waals surface area (Å²) in [4.78, 5) is 4.98. The number of methoxy groups -OCH3 is 2. The Morgan fingerprint density at radius 3 is 2.34 bits per heavy atom. The molecule has 0 saturated heterocycles. The van der Waals surface area contributed by atoms with Crippen molar-refractivity contribution in [1.82, 2.24) is 0 Å². The highest BCUT2D eigenvalue weighted by Gasteiger charge is 2.32. The topological polar surface area (TPSA) is 63.1 Å². The number of nitrogens with zero attached hydrogens (tertiary/aromatic N) is 1. The van der Waals surface area contributed by atoms with E-state index in [-0.39, 0.29) is 17.8 Å². The summed E-state index contributed by atoms with van der Waals surface area (Å²) in [6, 6.07) is 21.4. The van der Waals surface area contributed by atoms with Gasteiger partial charge in [0.25, 0.3) is 0 Å². The predicted molar refractivity (Wildman–Crippen MR) is 124 cm³/mol. The van der Waals surface area contributed by atoms with E-state index in [2.05, 4.69) is 5.32 Å². The summed E-state index contributed by atoms with van der Waals surface area (Å²) in [6.45, 7) is 0. The van der Waals surface area contributed by atoms with Crippen LogP contribution in [0.4, 0.5) is 10.1 Å². The number of hydrogen-bond acceptors (Lipinski definition) is 5. The fraction of sp³-hybridized carbons (Fsp3) is 0.269. The van der Waals surface area contributed by atoms with Gasteiger partial charge in [0, 0.05) is 11.6 Å². The lowest BCUT2D eigenvalue weighted by atomic mass is 9.85. The molecule has 166 valence electrons. The monoisotopic (exact) mass is 434 g/mol. The van der Waals surface area contributed by atoms with Gasteiger partial charge in [-0.05, 0) is 72.5 Å². The van der Waals surface area contributed by atoms with Crippen molar-refractivity contribution in [3.8, 4) is 11.5 Å². The fourth-order valence-electron chi connectivity index (χ4n) is 4.06. The van der Waals surface area contributed by atoms with E-state index in [1.807, 2.05) is 48.5 Å². The van der Waals surface area contributed by atoms with Crippen LogP contribution in [0.1, 0.15) is 36.1 Å². The minimum Gasteiger partial charge on any atom is -0.497 e. The van der Waals surface area contributed by atoms with Crippen LogP contribution in [-0.4, -0.2) is 25.2 Å². The van der Waals surface area contributed by atoms with Gasteiger partial charge in [-0.25, -0.2) is 4.39 Å². The first-order chi connectivity index (χ1) is 15.6. The van der Waals surface area contributed by atoms with E-state index in [0.717, 1.165) is 35.4 Å². The van der Waals surface area contributed by atoms with Crippen molar-refractivity contribution in [2.24, 2.45) is 10.9 Å². The zero-order valence-corrected chi connectivity index (χ0v) is 18.2. The number of halogens is 1. The van der Waals surface area contributed by atoms with Crippen LogP contribution in [0.3, 0.4) is 0 Å². The summed E-state index contributed by atoms with van der Waals surface area (Å²) < 4.78 is 24.1. The van der Waals surface area contributed by atoms with E-state index in [0.29, 0.717) is 11.6 Å². The summed E-state index contributed by atoms with van der Waals surface area (Å²) in [6.07, 6.45) is 0.754. The molecule has 3 aromatic rings. The summed E-state index contributed by atoms with van der Waals surface area (Å²) in [7, 11) is 3.25. The van der Waals surface area contributed by atoms with Crippen LogP contribution >= 0.6 is 0 Å². The first-order valence-corrected chi connectivity index (χ1v) is 10.6. The maximum atomic E-state index is 13.4. The van der Waals surface area contributed by atoms with Gasteiger partial charge in [0.1, 0.15) is 23.2 Å². The van der Waals surface area contributed by atoms with E-state index in [9.17, 15) is 9.50 Å². The van der Waals surface area contributed by atoms with Crippen LogP contribution in [0.5, 0.6) is 11.5 Å². The zero-order chi connectivity index (χ0) is 22.5. The predicted octanol–water partition coefficient (Wildman–Crippen LogP) is 5.54. The van der Waals surface area contributed by atoms with Gasteiger partial charge in [-0.3, -0.25) is 4.99 Å². The molecule has 1 aliphatic rings. The lowest BCUT2D eigenvalue weighted by molar-refractivity contribution is 0.129. The number of anilines is 1. The number of amidine groups is 1. The Morgan fingerprint density at radius 1 is 0.938 bits per heavy atom. The van der Waals surface area contributed by atoms with Crippen LogP contribution < -0.4 is 14.8 Å². The van der Waals surface area contributed by atoms with Gasteiger partial charge in [0.15, 0.2) is 0 Å². The van der Waals surface area contributed by atoms with Gasteiger partial charge in [-0.15, -0.1) is 0 Å². The number of aliphatic hydroxyl groups excluding tert-OH is 1. The highest BCUT2D eigenvalue weighted by molar-refractivity contribution is 5.98. The highest BCUT2D eigenvalue weighted by atomic mass is 19.1. The molecule has 0 bridgehead atoms. The molecule has 32 heavy (non-hydrogen) atoms. The van der Waals surface area contributed by atoms with Gasteiger partial charge >= 0.3 is 0 Å². The van der Waals surface area contributed by atoms with E-state index in [1.165, 1.54) is 12.1 Å². The largest absolute Gasteiger partial charge is 0.497 e. The molecule has 0 fully saturated rings. The van der Waals surface area contributed by atoms with Crippen LogP contribution in [0.15, 0.2) is 77.8 Å². The Kier molecular flexibility index (Phi) is 6.71. The molecule has 0 aliphatic carbocycles. The number of benzene rings is 3. The fourth-order valence-corrected chi connectivity index (χ4v) is 4.06. The molecule has 1 aliphatic heterocycles. The zero-order valence-electron chi connectivity index (χ0n) is 18.2. The molecule has 3 aromatic carbocycles. The van der Waals surface area contributed by atoms with Gasteiger partial charge in [-0.1, -0.05) is 24.3 Å². The Bertz CT molecular complexity index is 1080. The Labute approximate surface area is 187 Å². The third kappa shape index (κ3) is 4.92. The molecule has 2 N–H and O–H groups in total. The van der Waals surface area contributed by atoms with Crippen molar-refractivity contribution in [3.63, 3.8) is 0 Å². The molecule has 3 atom stereocenters. The van der Waals surface area contributed by atoms with Crippen LogP contribution in [0, 0.1) is 11.7 Å². The number of hydrogen-bond donors (Lipinski definition) is 2. The minimum absolute atomic E-state index is 0.0678. The number of aliphatic hydroxyl groups is 1. The molecule has 5 nitrogen and oxygen atoms in total. The average molecular weight is 435 g/mol. The molecule has 1 heterocycles. The molecule has 4 rings (SSSR count). The molecule has 6 heteroatoms. The van der Waals surface area contributed by atoms with Gasteiger partial charge in [0.05, 0.1) is 26.4 Å². The maximum Gasteiger partial charge on any atom is 0.123 e. The summed E-state index contributed by atoms with van der Waals surface area (Å²) >= 11 is 0. The number of rotatable bonds is 6. The molecule has 0 radical (unpaired) electrons. The molecule has 0 aromatic heterocycles. The Balaban J connectivity index is 1.67. The summed E-state index contributed by atoms with van der Waals surface area (Å²) in [5.41, 5.74) is 2.54. The van der Waals surface area contributed by atoms with Crippen molar-refractivity contribution in [3.05, 3.63) is 89.7 Å². The second-order valence-electron chi connectivity index (χ2n) is 7.84. The standard InChI is InChI=1S/C26H27FN2O3/c1-31-21-7-3-5-17(15-21)24-14-13-23(25(30)18-6-4-8-22(16-18)32-2)26(29-24)28-20-11-9-19(27)10-12-20/h3-12,15-16,23-25,30H,13-14H2,1-2H3,(H,28,29). The number of nitrogens with one attached hydrogen (secondary N) is 1. The van der Waals surface area contributed by atoms with E-state index < -0.39 is 6.10 Å². The molecular formula is C26H27FN2O3. The van der Waals surface area contributed by atoms with Gasteiger partial charge in [-0.2, -0.15) is 0 Å². The van der Waals surface area contributed by atoms with Gasteiger partial charge in [0.2, 0.25) is 0 Å². The van der Waals surface area contributed by atoms with Gasteiger partial charge < -0.3 is 19.9 Å². The van der Waals surface area contributed by atoms with Crippen molar-refractivity contribution < 1.29 is 19.0 Å². The van der Waals surface area contributed by atoms with Crippen molar-refractivity contribution in [2.45, 2.75) is 25.0 Å². The van der Waals surface area contributed by atoms with E-state index >= 15 is 0 Å². The van der Waals surface area contributed by atoms with E-state index in [4.69, 9.17) is 14.5 Å². The Hall–Kier alpha value is -3.38. The first-order valence-electron chi connectivity index (χ1n) is 10.6. The van der Waals surface area contributed by atoms with E-state index in [1.54, 1.807) is 26.4 Å². The van der Waals surface area contributed by atoms with Crippen molar-refractivity contribution in [1.29, 1.82) is 0 Å². The number of ether oxygens (including phenoxy) is 2. The summed E-state index contributed by atoms with van der Waals surface area (Å²) in [5.74, 6) is 1.60. The smallest absolute Gasteiger partial charge is 0.123 e. The minimum atomic E-state index is -0.761. The quantitative estimate of drug-likeness (QED) is 0.535. The molecular weight excluding hydrogens is 407 g/mol. The third-order valence-corrected chi connectivity index (χ3v) is 5.81. The summed E-state index contributed by atoms with van der Waals surface area (Å²) in [5, 5.41) is 14.6. The second-order valence-corrected chi connectivity index (χ2v) is 7.84. The average Bonchev–Trinajstić information content (AvgIpc) is 2.85. The molecule has 0 amide bonds. The van der Waals surface area contributed by atoms with Crippen LogP contribution in [0.25, 0.3) is 0 Å². The normalized spacial score (nSPS) is 19.1. The maximum absolute atomic E-state index is 13.4. The first kappa shape index (κ1) is 21.8. The van der Waals surface area contributed by atoms with Crippen LogP contribution in [0.2, 0.25) is 0 Å².